The Morgan fingerprint density at radius 2 is 1.61 bits per heavy atom. The van der Waals surface area contributed by atoms with E-state index >= 15 is 0 Å². The van der Waals surface area contributed by atoms with Crippen molar-refractivity contribution in [1.29, 1.82) is 0 Å². The molecule has 23 heavy (non-hydrogen) atoms. The van der Waals surface area contributed by atoms with Gasteiger partial charge in [0.25, 0.3) is 0 Å². The largest absolute Gasteiger partial charge is 0.361 e. The molecule has 3 rings (SSSR count). The lowest BCUT2D eigenvalue weighted by Crippen LogP contribution is -2.22. The minimum Gasteiger partial charge on any atom is -0.249 e. The van der Waals surface area contributed by atoms with Crippen molar-refractivity contribution in [3.05, 3.63) is 71.4 Å². The van der Waals surface area contributed by atoms with Gasteiger partial charge in [0.05, 0.1) is 17.6 Å². The van der Waals surface area contributed by atoms with Gasteiger partial charge in [-0.05, 0) is 23.3 Å². The van der Waals surface area contributed by atoms with Gasteiger partial charge >= 0.3 is 9.61 Å². The summed E-state index contributed by atoms with van der Waals surface area (Å²) in [5.41, 5.74) is 2.15. The second kappa shape index (κ2) is 6.39. The number of aromatic nitrogens is 3. The number of rotatable bonds is 4. The van der Waals surface area contributed by atoms with E-state index in [-0.39, 0.29) is 11.9 Å². The SMILES string of the molecule is O=c1n(-c2ccc(-c3ccccc3)cc2)cnn1SC(F)(Cl)Cl. The fourth-order valence-electron chi connectivity index (χ4n) is 2.07. The molecule has 0 atom stereocenters. The molecule has 0 unspecified atom stereocenters. The summed E-state index contributed by atoms with van der Waals surface area (Å²) >= 11 is 10.8. The van der Waals surface area contributed by atoms with Crippen molar-refractivity contribution in [2.24, 2.45) is 0 Å². The first-order chi connectivity index (χ1) is 10.9. The Kier molecular flexibility index (Phi) is 4.48. The van der Waals surface area contributed by atoms with Crippen LogP contribution < -0.4 is 5.69 Å². The summed E-state index contributed by atoms with van der Waals surface area (Å²) in [7, 11) is 0. The highest BCUT2D eigenvalue weighted by Gasteiger charge is 2.27. The fourth-order valence-corrected chi connectivity index (χ4v) is 2.92. The van der Waals surface area contributed by atoms with E-state index in [0.717, 1.165) is 15.2 Å². The maximum atomic E-state index is 13.2. The van der Waals surface area contributed by atoms with Crippen molar-refractivity contribution < 1.29 is 4.39 Å². The zero-order valence-corrected chi connectivity index (χ0v) is 13.9. The van der Waals surface area contributed by atoms with Crippen LogP contribution in [0.25, 0.3) is 16.8 Å². The molecule has 1 aromatic heterocycles. The number of hydrogen-bond acceptors (Lipinski definition) is 3. The highest BCUT2D eigenvalue weighted by atomic mass is 35.5. The first-order valence-electron chi connectivity index (χ1n) is 6.53. The van der Waals surface area contributed by atoms with Crippen LogP contribution in [0.3, 0.4) is 0 Å². The van der Waals surface area contributed by atoms with Crippen molar-refractivity contribution in [2.75, 3.05) is 0 Å². The lowest BCUT2D eigenvalue weighted by molar-refractivity contribution is 0.513. The van der Waals surface area contributed by atoms with Crippen LogP contribution in [0.15, 0.2) is 65.7 Å². The van der Waals surface area contributed by atoms with E-state index in [1.54, 1.807) is 12.1 Å². The Bertz CT molecular complexity index is 857. The number of hydrogen-bond donors (Lipinski definition) is 0. The van der Waals surface area contributed by atoms with E-state index in [9.17, 15) is 9.18 Å². The lowest BCUT2D eigenvalue weighted by atomic mass is 10.1. The van der Waals surface area contributed by atoms with Crippen LogP contribution in [-0.4, -0.2) is 17.7 Å². The van der Waals surface area contributed by atoms with Gasteiger partial charge in [-0.2, -0.15) is 4.39 Å². The molecule has 2 aromatic carbocycles. The minimum atomic E-state index is -2.62. The van der Waals surface area contributed by atoms with Gasteiger partial charge in [-0.15, -0.1) is 9.19 Å². The summed E-state index contributed by atoms with van der Waals surface area (Å²) in [6.45, 7) is 0. The van der Waals surface area contributed by atoms with Crippen LogP contribution in [0.1, 0.15) is 0 Å². The van der Waals surface area contributed by atoms with E-state index in [0.29, 0.717) is 5.69 Å². The highest BCUT2D eigenvalue weighted by Crippen LogP contribution is 2.35. The van der Waals surface area contributed by atoms with Crippen LogP contribution in [0.5, 0.6) is 0 Å². The van der Waals surface area contributed by atoms with Gasteiger partial charge in [0, 0.05) is 0 Å². The van der Waals surface area contributed by atoms with E-state index in [4.69, 9.17) is 23.2 Å². The van der Waals surface area contributed by atoms with E-state index < -0.39 is 9.61 Å². The maximum Gasteiger partial charge on any atom is 0.361 e. The third-order valence-corrected chi connectivity index (χ3v) is 4.13. The summed E-state index contributed by atoms with van der Waals surface area (Å²) in [5, 5.41) is 3.78. The summed E-state index contributed by atoms with van der Waals surface area (Å²) in [5.74, 6) is 0. The Morgan fingerprint density at radius 3 is 2.22 bits per heavy atom. The molecule has 0 saturated heterocycles. The second-order valence-electron chi connectivity index (χ2n) is 4.61. The Hall–Kier alpha value is -1.76. The average Bonchev–Trinajstić information content (AvgIpc) is 2.88. The smallest absolute Gasteiger partial charge is 0.249 e. The highest BCUT2D eigenvalue weighted by molar-refractivity contribution is 8.01. The van der Waals surface area contributed by atoms with Gasteiger partial charge in [0.2, 0.25) is 0 Å². The summed E-state index contributed by atoms with van der Waals surface area (Å²) in [6.07, 6.45) is 1.28. The molecule has 4 nitrogen and oxygen atoms in total. The molecular weight excluding hydrogens is 360 g/mol. The van der Waals surface area contributed by atoms with Gasteiger partial charge in [0.1, 0.15) is 6.33 Å². The quantitative estimate of drug-likeness (QED) is 0.645. The summed E-state index contributed by atoms with van der Waals surface area (Å²) < 4.78 is 12.6. The fraction of sp³-hybridized carbons (Fsp3) is 0.0667. The summed E-state index contributed by atoms with van der Waals surface area (Å²) in [4.78, 5) is 12.2. The average molecular weight is 370 g/mol. The van der Waals surface area contributed by atoms with Crippen LogP contribution in [-0.2, 0) is 0 Å². The van der Waals surface area contributed by atoms with Gasteiger partial charge in [-0.25, -0.2) is 9.36 Å². The van der Waals surface area contributed by atoms with Crippen LogP contribution in [0.4, 0.5) is 4.39 Å². The number of nitrogens with zero attached hydrogens (tertiary/aromatic N) is 3. The molecule has 1 heterocycles. The number of benzene rings is 2. The van der Waals surface area contributed by atoms with Gasteiger partial charge in [0.15, 0.2) is 0 Å². The Labute approximate surface area is 145 Å². The van der Waals surface area contributed by atoms with Crippen LogP contribution >= 0.6 is 35.1 Å². The molecule has 0 radical (unpaired) electrons. The van der Waals surface area contributed by atoms with Crippen molar-refractivity contribution in [1.82, 2.24) is 13.8 Å². The molecule has 0 aliphatic heterocycles. The zero-order chi connectivity index (χ0) is 16.4. The molecule has 0 saturated carbocycles. The molecule has 3 aromatic rings. The third kappa shape index (κ3) is 3.77. The molecule has 0 amide bonds. The molecule has 0 fully saturated rings. The molecule has 0 aliphatic rings. The van der Waals surface area contributed by atoms with Crippen molar-refractivity contribution in [3.63, 3.8) is 0 Å². The van der Waals surface area contributed by atoms with Gasteiger partial charge in [-0.1, -0.05) is 65.7 Å². The van der Waals surface area contributed by atoms with E-state index in [1.807, 2.05) is 42.5 Å². The Balaban J connectivity index is 1.90. The van der Waals surface area contributed by atoms with Crippen molar-refractivity contribution in [2.45, 2.75) is 3.92 Å². The van der Waals surface area contributed by atoms with Crippen molar-refractivity contribution >= 4 is 35.1 Å². The summed E-state index contributed by atoms with van der Waals surface area (Å²) in [6, 6.07) is 17.2. The Morgan fingerprint density at radius 1 is 1.00 bits per heavy atom. The van der Waals surface area contributed by atoms with Crippen LogP contribution in [0.2, 0.25) is 0 Å². The lowest BCUT2D eigenvalue weighted by Gasteiger charge is -2.06. The van der Waals surface area contributed by atoms with Gasteiger partial charge < -0.3 is 0 Å². The minimum absolute atomic E-state index is 0.279. The molecule has 8 heteroatoms. The third-order valence-electron chi connectivity index (χ3n) is 3.08. The first kappa shape index (κ1) is 16.1. The maximum absolute atomic E-state index is 13.2. The van der Waals surface area contributed by atoms with Crippen molar-refractivity contribution in [3.8, 4) is 16.8 Å². The topological polar surface area (TPSA) is 39.8 Å². The van der Waals surface area contributed by atoms with E-state index in [2.05, 4.69) is 5.10 Å². The molecule has 118 valence electrons. The van der Waals surface area contributed by atoms with Crippen LogP contribution in [0, 0.1) is 0 Å². The van der Waals surface area contributed by atoms with E-state index in [1.165, 1.54) is 10.9 Å². The second-order valence-corrected chi connectivity index (χ2v) is 7.38. The number of halogens is 3. The van der Waals surface area contributed by atoms with Gasteiger partial charge in [-0.3, -0.25) is 0 Å². The zero-order valence-electron chi connectivity index (χ0n) is 11.6. The molecule has 0 aliphatic carbocycles. The predicted octanol–water partition coefficient (Wildman–Crippen LogP) is 4.26. The molecule has 0 bridgehead atoms. The molecular formula is C15H10Cl2FN3OS. The molecule has 0 spiro atoms. The molecule has 0 N–H and O–H groups in total. The first-order valence-corrected chi connectivity index (χ1v) is 8.06. The normalized spacial score (nSPS) is 11.6. The standard InChI is InChI=1S/C15H10Cl2FN3OS/c16-15(17,18)23-21-14(22)20(10-19-21)13-8-6-12(7-9-13)11-4-2-1-3-5-11/h1-10H. The monoisotopic (exact) mass is 369 g/mol. The number of alkyl halides is 3. The predicted molar refractivity (Wildman–Crippen MR) is 91.8 cm³/mol.